The number of fused-ring (bicyclic) bond motifs is 1. The molecule has 1 aliphatic heterocycles. The van der Waals surface area contributed by atoms with Crippen LogP contribution in [0.4, 0.5) is 19.1 Å². The van der Waals surface area contributed by atoms with Gasteiger partial charge in [0.15, 0.2) is 0 Å². The highest BCUT2D eigenvalue weighted by molar-refractivity contribution is 5.77. The molecule has 1 aliphatic rings. The molecule has 4 nitrogen and oxygen atoms in total. The molecule has 1 N–H and O–H groups in total. The summed E-state index contributed by atoms with van der Waals surface area (Å²) in [6.45, 7) is 2.01. The monoisotopic (exact) mass is 356 g/mol. The van der Waals surface area contributed by atoms with Gasteiger partial charge in [0.05, 0.1) is 5.56 Å². The predicted molar refractivity (Wildman–Crippen MR) is 92.4 cm³/mol. The van der Waals surface area contributed by atoms with Crippen molar-refractivity contribution in [3.8, 4) is 0 Å². The molecule has 1 atom stereocenters. The first-order chi connectivity index (χ1) is 12.4. The van der Waals surface area contributed by atoms with E-state index in [2.05, 4.69) is 15.4 Å². The van der Waals surface area contributed by atoms with E-state index in [1.165, 1.54) is 18.5 Å². The average molecular weight is 356 g/mol. The summed E-state index contributed by atoms with van der Waals surface area (Å²) in [5.74, 6) is 0.549. The van der Waals surface area contributed by atoms with Crippen LogP contribution in [0.25, 0.3) is 5.70 Å². The summed E-state index contributed by atoms with van der Waals surface area (Å²) in [4.78, 5) is 4.20. The molecule has 132 valence electrons. The van der Waals surface area contributed by atoms with Crippen molar-refractivity contribution >= 4 is 11.6 Å². The van der Waals surface area contributed by atoms with E-state index >= 15 is 0 Å². The zero-order chi connectivity index (χ0) is 18.3. The first-order valence-electron chi connectivity index (χ1n) is 8.04. The molecule has 2 aromatic carbocycles. The van der Waals surface area contributed by atoms with Crippen LogP contribution in [0.1, 0.15) is 28.3 Å². The smallest absolute Gasteiger partial charge is 0.324 e. The van der Waals surface area contributed by atoms with Crippen molar-refractivity contribution in [2.24, 2.45) is 0 Å². The zero-order valence-corrected chi connectivity index (χ0v) is 13.8. The molecule has 0 spiro atoms. The van der Waals surface area contributed by atoms with E-state index < -0.39 is 11.7 Å². The quantitative estimate of drug-likeness (QED) is 0.726. The lowest BCUT2D eigenvalue weighted by Gasteiger charge is -2.24. The highest BCUT2D eigenvalue weighted by Gasteiger charge is 2.30. The van der Waals surface area contributed by atoms with Crippen molar-refractivity contribution < 1.29 is 13.2 Å². The van der Waals surface area contributed by atoms with Crippen molar-refractivity contribution in [3.63, 3.8) is 0 Å². The molecule has 0 radical (unpaired) electrons. The Morgan fingerprint density at radius 1 is 1.00 bits per heavy atom. The second-order valence-corrected chi connectivity index (χ2v) is 6.16. The zero-order valence-electron chi connectivity index (χ0n) is 13.8. The molecule has 1 aromatic heterocycles. The van der Waals surface area contributed by atoms with Gasteiger partial charge in [-0.3, -0.25) is 0 Å². The van der Waals surface area contributed by atoms with Gasteiger partial charge in [0.2, 0.25) is 5.95 Å². The normalized spacial score (nSPS) is 16.6. The van der Waals surface area contributed by atoms with Crippen LogP contribution < -0.4 is 5.32 Å². The van der Waals surface area contributed by atoms with Gasteiger partial charge < -0.3 is 5.32 Å². The summed E-state index contributed by atoms with van der Waals surface area (Å²) in [6.07, 6.45) is -0.959. The summed E-state index contributed by atoms with van der Waals surface area (Å²) in [7, 11) is 0. The minimum atomic E-state index is -4.35. The largest absolute Gasteiger partial charge is 0.416 e. The van der Waals surface area contributed by atoms with Gasteiger partial charge in [0, 0.05) is 5.70 Å². The maximum absolute atomic E-state index is 12.8. The lowest BCUT2D eigenvalue weighted by molar-refractivity contribution is -0.137. The lowest BCUT2D eigenvalue weighted by atomic mass is 10.0. The molecule has 0 saturated carbocycles. The Morgan fingerprint density at radius 3 is 2.35 bits per heavy atom. The van der Waals surface area contributed by atoms with Gasteiger partial charge in [0.25, 0.3) is 0 Å². The number of anilines is 1. The van der Waals surface area contributed by atoms with Crippen LogP contribution in [-0.2, 0) is 6.18 Å². The van der Waals surface area contributed by atoms with Crippen LogP contribution in [0, 0.1) is 6.92 Å². The number of hydrogen-bond donors (Lipinski definition) is 1. The summed E-state index contributed by atoms with van der Waals surface area (Å²) in [5.41, 5.74) is 2.85. The number of allylic oxidation sites excluding steroid dienone is 1. The Bertz CT molecular complexity index is 954. The fourth-order valence-corrected chi connectivity index (χ4v) is 2.94. The van der Waals surface area contributed by atoms with Crippen LogP contribution in [0.2, 0.25) is 0 Å². The summed E-state index contributed by atoms with van der Waals surface area (Å²) >= 11 is 0. The number of aryl methyl sites for hydroxylation is 1. The molecule has 3 aromatic rings. The Kier molecular flexibility index (Phi) is 3.79. The third-order valence-electron chi connectivity index (χ3n) is 4.35. The number of rotatable bonds is 2. The Morgan fingerprint density at radius 2 is 1.69 bits per heavy atom. The number of nitrogens with zero attached hydrogens (tertiary/aromatic N) is 3. The number of aromatic nitrogens is 3. The third-order valence-corrected chi connectivity index (χ3v) is 4.35. The van der Waals surface area contributed by atoms with E-state index in [1.54, 1.807) is 4.68 Å². The lowest BCUT2D eigenvalue weighted by Crippen LogP contribution is -2.20. The van der Waals surface area contributed by atoms with Crippen molar-refractivity contribution in [2.75, 3.05) is 5.32 Å². The molecule has 0 aliphatic carbocycles. The molecule has 26 heavy (non-hydrogen) atoms. The van der Waals surface area contributed by atoms with Crippen LogP contribution in [0.3, 0.4) is 0 Å². The predicted octanol–water partition coefficient (Wildman–Crippen LogP) is 4.66. The number of hydrogen-bond acceptors (Lipinski definition) is 3. The molecule has 0 fully saturated rings. The van der Waals surface area contributed by atoms with Gasteiger partial charge in [-0.25, -0.2) is 4.68 Å². The van der Waals surface area contributed by atoms with Crippen LogP contribution in [0.5, 0.6) is 0 Å². The molecule has 2 heterocycles. The van der Waals surface area contributed by atoms with Crippen molar-refractivity contribution in [3.05, 3.63) is 83.2 Å². The molecule has 0 amide bonds. The SMILES string of the molecule is Cc1ccc(C2C=C(c3ccc(C(F)(F)F)cc3)Nc3ncnn32)cc1. The molecule has 0 saturated heterocycles. The van der Waals surface area contributed by atoms with E-state index in [4.69, 9.17) is 0 Å². The Hall–Kier alpha value is -3.09. The van der Waals surface area contributed by atoms with Crippen LogP contribution in [-0.4, -0.2) is 14.8 Å². The Labute approximate surface area is 148 Å². The van der Waals surface area contributed by atoms with Crippen LogP contribution >= 0.6 is 0 Å². The fourth-order valence-electron chi connectivity index (χ4n) is 2.94. The van der Waals surface area contributed by atoms with Crippen molar-refractivity contribution in [1.29, 1.82) is 0 Å². The van der Waals surface area contributed by atoms with E-state index in [9.17, 15) is 13.2 Å². The van der Waals surface area contributed by atoms with Gasteiger partial charge >= 0.3 is 6.18 Å². The highest BCUT2D eigenvalue weighted by atomic mass is 19.4. The third kappa shape index (κ3) is 2.96. The first-order valence-corrected chi connectivity index (χ1v) is 8.04. The minimum Gasteiger partial charge on any atom is -0.324 e. The standard InChI is InChI=1S/C19H15F3N4/c1-12-2-4-14(5-3-12)17-10-16(25-18-23-11-24-26(17)18)13-6-8-15(9-7-13)19(20,21)22/h2-11,17H,1H3,(H,23,24,25). The van der Waals surface area contributed by atoms with E-state index in [1.807, 2.05) is 37.3 Å². The maximum atomic E-state index is 12.8. The molecular formula is C19H15F3N4. The molecular weight excluding hydrogens is 341 g/mol. The van der Waals surface area contributed by atoms with Gasteiger partial charge in [-0.15, -0.1) is 0 Å². The maximum Gasteiger partial charge on any atom is 0.416 e. The van der Waals surface area contributed by atoms with Crippen molar-refractivity contribution in [1.82, 2.24) is 14.8 Å². The van der Waals surface area contributed by atoms with E-state index in [0.29, 0.717) is 17.2 Å². The Balaban J connectivity index is 1.73. The van der Waals surface area contributed by atoms with Gasteiger partial charge in [0.1, 0.15) is 12.4 Å². The molecule has 7 heteroatoms. The molecule has 4 rings (SSSR count). The first kappa shape index (κ1) is 16.4. The number of nitrogens with one attached hydrogen (secondary N) is 1. The number of alkyl halides is 3. The number of halogens is 3. The van der Waals surface area contributed by atoms with E-state index in [0.717, 1.165) is 23.3 Å². The van der Waals surface area contributed by atoms with Gasteiger partial charge in [-0.2, -0.15) is 23.3 Å². The fraction of sp³-hybridized carbons (Fsp3) is 0.158. The summed E-state index contributed by atoms with van der Waals surface area (Å²) < 4.78 is 40.1. The molecule has 0 bridgehead atoms. The van der Waals surface area contributed by atoms with Gasteiger partial charge in [-0.05, 0) is 36.3 Å². The molecule has 1 unspecified atom stereocenters. The second-order valence-electron chi connectivity index (χ2n) is 6.16. The van der Waals surface area contributed by atoms with E-state index in [-0.39, 0.29) is 6.04 Å². The summed E-state index contributed by atoms with van der Waals surface area (Å²) in [5, 5.41) is 7.39. The minimum absolute atomic E-state index is 0.188. The van der Waals surface area contributed by atoms with Crippen LogP contribution in [0.15, 0.2) is 60.9 Å². The average Bonchev–Trinajstić information content (AvgIpc) is 3.10. The topological polar surface area (TPSA) is 42.7 Å². The van der Waals surface area contributed by atoms with Gasteiger partial charge in [-0.1, -0.05) is 42.0 Å². The number of benzene rings is 2. The van der Waals surface area contributed by atoms with Crippen molar-refractivity contribution in [2.45, 2.75) is 19.1 Å². The second kappa shape index (κ2) is 6.01. The highest BCUT2D eigenvalue weighted by Crippen LogP contribution is 2.34. The summed E-state index contributed by atoms with van der Waals surface area (Å²) in [6, 6.07) is 12.9.